The summed E-state index contributed by atoms with van der Waals surface area (Å²) in [6, 6.07) is 0. The van der Waals surface area contributed by atoms with Gasteiger partial charge in [-0.05, 0) is 13.8 Å². The van der Waals surface area contributed by atoms with E-state index in [1.807, 2.05) is 0 Å². The molecule has 0 radical (unpaired) electrons. The molecule has 2 heterocycles. The Hall–Kier alpha value is -2.68. The number of ether oxygens (including phenoxy) is 8. The molecule has 0 spiro atoms. The highest BCUT2D eigenvalue weighted by atomic mass is 16.8. The SMILES string of the molecule is CCOC(=O)C1(C)OCC(OC(=O)NCCNC(=O)OC2COC(C)(C(=O)OCC)OC2)CO1. The molecule has 2 saturated heterocycles. The maximum absolute atomic E-state index is 11.9. The highest BCUT2D eigenvalue weighted by molar-refractivity contribution is 5.78. The number of hydrogen-bond acceptors (Lipinski definition) is 12. The van der Waals surface area contributed by atoms with Crippen LogP contribution in [0.2, 0.25) is 0 Å². The van der Waals surface area contributed by atoms with Crippen LogP contribution in [0.5, 0.6) is 0 Å². The molecule has 2 aliphatic heterocycles. The van der Waals surface area contributed by atoms with Gasteiger partial charge in [-0.25, -0.2) is 19.2 Å². The van der Waals surface area contributed by atoms with E-state index in [1.54, 1.807) is 13.8 Å². The second kappa shape index (κ2) is 12.7. The van der Waals surface area contributed by atoms with Crippen LogP contribution in [0.25, 0.3) is 0 Å². The van der Waals surface area contributed by atoms with Gasteiger partial charge in [0.1, 0.15) is 0 Å². The largest absolute Gasteiger partial charge is 0.462 e. The van der Waals surface area contributed by atoms with Gasteiger partial charge in [0, 0.05) is 26.9 Å². The van der Waals surface area contributed by atoms with Crippen molar-refractivity contribution >= 4 is 24.1 Å². The van der Waals surface area contributed by atoms with Crippen LogP contribution in [-0.2, 0) is 47.5 Å². The van der Waals surface area contributed by atoms with E-state index >= 15 is 0 Å². The van der Waals surface area contributed by atoms with E-state index in [1.165, 1.54) is 13.8 Å². The first-order valence-electron chi connectivity index (χ1n) is 10.9. The van der Waals surface area contributed by atoms with Crippen molar-refractivity contribution < 1.29 is 57.1 Å². The van der Waals surface area contributed by atoms with Crippen molar-refractivity contribution in [1.82, 2.24) is 10.6 Å². The van der Waals surface area contributed by atoms with E-state index in [0.29, 0.717) is 0 Å². The van der Waals surface area contributed by atoms with Crippen molar-refractivity contribution in [1.29, 1.82) is 0 Å². The van der Waals surface area contributed by atoms with Crippen LogP contribution in [0.4, 0.5) is 9.59 Å². The summed E-state index contributed by atoms with van der Waals surface area (Å²) in [6.07, 6.45) is -2.93. The Kier molecular flexibility index (Phi) is 10.3. The van der Waals surface area contributed by atoms with E-state index in [-0.39, 0.29) is 52.7 Å². The number of esters is 2. The predicted octanol–water partition coefficient (Wildman–Crippen LogP) is -0.172. The normalized spacial score (nSPS) is 28.8. The number of carbonyl (C=O) groups is 4. The molecule has 34 heavy (non-hydrogen) atoms. The number of hydrogen-bond donors (Lipinski definition) is 2. The zero-order valence-electron chi connectivity index (χ0n) is 19.7. The minimum absolute atomic E-state index is 0.0476. The molecule has 0 aromatic carbocycles. The Balaban J connectivity index is 1.57. The van der Waals surface area contributed by atoms with Crippen molar-refractivity contribution in [2.75, 3.05) is 52.7 Å². The van der Waals surface area contributed by atoms with Gasteiger partial charge in [-0.3, -0.25) is 0 Å². The topological polar surface area (TPSA) is 166 Å². The van der Waals surface area contributed by atoms with Gasteiger partial charge in [-0.15, -0.1) is 0 Å². The lowest BCUT2D eigenvalue weighted by Gasteiger charge is -2.35. The monoisotopic (exact) mass is 492 g/mol. The molecule has 0 aliphatic carbocycles. The number of amides is 2. The predicted molar refractivity (Wildman–Crippen MR) is 110 cm³/mol. The lowest BCUT2D eigenvalue weighted by molar-refractivity contribution is -0.280. The molecule has 0 aromatic rings. The molecule has 2 N–H and O–H groups in total. The highest BCUT2D eigenvalue weighted by Crippen LogP contribution is 2.22. The summed E-state index contributed by atoms with van der Waals surface area (Å²) in [6.45, 7) is 6.47. The van der Waals surface area contributed by atoms with E-state index in [0.717, 1.165) is 0 Å². The molecule has 14 nitrogen and oxygen atoms in total. The fraction of sp³-hybridized carbons (Fsp3) is 0.800. The van der Waals surface area contributed by atoms with Crippen LogP contribution in [0.1, 0.15) is 27.7 Å². The van der Waals surface area contributed by atoms with Gasteiger partial charge in [0.25, 0.3) is 11.6 Å². The number of carbonyl (C=O) groups excluding carboxylic acids is 4. The van der Waals surface area contributed by atoms with Crippen LogP contribution in [-0.4, -0.2) is 101 Å². The first kappa shape index (κ1) is 27.6. The van der Waals surface area contributed by atoms with Crippen molar-refractivity contribution in [3.63, 3.8) is 0 Å². The van der Waals surface area contributed by atoms with Gasteiger partial charge in [0.2, 0.25) is 0 Å². The highest BCUT2D eigenvalue weighted by Gasteiger charge is 2.43. The minimum atomic E-state index is -1.54. The lowest BCUT2D eigenvalue weighted by atomic mass is 10.2. The van der Waals surface area contributed by atoms with Gasteiger partial charge in [-0.2, -0.15) is 0 Å². The average Bonchev–Trinajstić information content (AvgIpc) is 2.80. The van der Waals surface area contributed by atoms with Gasteiger partial charge < -0.3 is 48.5 Å². The Morgan fingerprint density at radius 2 is 1.03 bits per heavy atom. The first-order chi connectivity index (χ1) is 16.1. The quantitative estimate of drug-likeness (QED) is 0.248. The standard InChI is InChI=1S/C20H32N2O12/c1-5-27-15(23)19(3)29-9-13(10-30-19)33-17(25)21-7-8-22-18(26)34-14-11-31-20(4,32-12-14)16(24)28-6-2/h13-14H,5-12H2,1-4H3,(H,21,25)(H,22,26). The van der Waals surface area contributed by atoms with Gasteiger partial charge >= 0.3 is 24.1 Å². The molecule has 0 aromatic heterocycles. The summed E-state index contributed by atoms with van der Waals surface area (Å²) in [5.41, 5.74) is 0. The van der Waals surface area contributed by atoms with E-state index in [4.69, 9.17) is 37.9 Å². The lowest BCUT2D eigenvalue weighted by Crippen LogP contribution is -2.52. The van der Waals surface area contributed by atoms with Crippen LogP contribution in [0.3, 0.4) is 0 Å². The Morgan fingerprint density at radius 3 is 1.32 bits per heavy atom. The summed E-state index contributed by atoms with van der Waals surface area (Å²) in [4.78, 5) is 47.4. The first-order valence-corrected chi connectivity index (χ1v) is 10.9. The molecule has 0 atom stereocenters. The van der Waals surface area contributed by atoms with E-state index < -0.39 is 47.9 Å². The summed E-state index contributed by atoms with van der Waals surface area (Å²) >= 11 is 0. The Labute approximate surface area is 196 Å². The van der Waals surface area contributed by atoms with E-state index in [9.17, 15) is 19.2 Å². The maximum atomic E-state index is 11.9. The molecule has 14 heteroatoms. The van der Waals surface area contributed by atoms with Crippen molar-refractivity contribution in [3.05, 3.63) is 0 Å². The molecule has 2 rings (SSSR count). The molecular formula is C20H32N2O12. The minimum Gasteiger partial charge on any atom is -0.462 e. The van der Waals surface area contributed by atoms with Crippen molar-refractivity contribution in [2.24, 2.45) is 0 Å². The third kappa shape index (κ3) is 7.97. The van der Waals surface area contributed by atoms with E-state index in [2.05, 4.69) is 10.6 Å². The second-order valence-electron chi connectivity index (χ2n) is 7.48. The van der Waals surface area contributed by atoms with Crippen LogP contribution >= 0.6 is 0 Å². The third-order valence-electron chi connectivity index (χ3n) is 4.68. The average molecular weight is 492 g/mol. The second-order valence-corrected chi connectivity index (χ2v) is 7.48. The van der Waals surface area contributed by atoms with Crippen molar-refractivity contribution in [2.45, 2.75) is 51.5 Å². The maximum Gasteiger partial charge on any atom is 0.407 e. The summed E-state index contributed by atoms with van der Waals surface area (Å²) in [5, 5.41) is 4.91. The van der Waals surface area contributed by atoms with Gasteiger partial charge in [-0.1, -0.05) is 0 Å². The molecule has 0 unspecified atom stereocenters. The van der Waals surface area contributed by atoms with Gasteiger partial charge in [0.05, 0.1) is 39.6 Å². The molecule has 0 saturated carbocycles. The Bertz CT molecular complexity index is 654. The molecule has 2 fully saturated rings. The number of rotatable bonds is 9. The zero-order valence-corrected chi connectivity index (χ0v) is 19.7. The molecule has 2 amide bonds. The van der Waals surface area contributed by atoms with Crippen LogP contribution < -0.4 is 10.6 Å². The molecule has 2 aliphatic rings. The molecular weight excluding hydrogens is 460 g/mol. The summed E-state index contributed by atoms with van der Waals surface area (Å²) < 4.78 is 41.4. The van der Waals surface area contributed by atoms with Crippen molar-refractivity contribution in [3.8, 4) is 0 Å². The van der Waals surface area contributed by atoms with Gasteiger partial charge in [0.15, 0.2) is 12.2 Å². The third-order valence-corrected chi connectivity index (χ3v) is 4.68. The molecule has 194 valence electrons. The number of alkyl carbamates (subject to hydrolysis) is 2. The van der Waals surface area contributed by atoms with Crippen LogP contribution in [0, 0.1) is 0 Å². The Morgan fingerprint density at radius 1 is 0.706 bits per heavy atom. The zero-order chi connectivity index (χ0) is 25.2. The smallest absolute Gasteiger partial charge is 0.407 e. The number of nitrogens with one attached hydrogen (secondary N) is 2. The van der Waals surface area contributed by atoms with Crippen LogP contribution in [0.15, 0.2) is 0 Å². The fourth-order valence-electron chi connectivity index (χ4n) is 2.80. The fourth-order valence-corrected chi connectivity index (χ4v) is 2.80. The molecule has 0 bridgehead atoms. The summed E-state index contributed by atoms with van der Waals surface area (Å²) in [7, 11) is 0. The summed E-state index contributed by atoms with van der Waals surface area (Å²) in [5.74, 6) is -4.39.